The summed E-state index contributed by atoms with van der Waals surface area (Å²) in [5.41, 5.74) is 1.35. The standard InChI is InChI=1S/C12H17BrN2.2ClH/c13-11-3-1-2-10(8-11)9-15-12-4-6-14-7-5-12;;/h1-3,8,12,14-15H,4-7,9H2;2*1H. The van der Waals surface area contributed by atoms with E-state index in [4.69, 9.17) is 0 Å². The van der Waals surface area contributed by atoms with Gasteiger partial charge in [-0.25, -0.2) is 0 Å². The Morgan fingerprint density at radius 2 is 1.94 bits per heavy atom. The van der Waals surface area contributed by atoms with Crippen molar-refractivity contribution in [3.8, 4) is 0 Å². The van der Waals surface area contributed by atoms with Crippen molar-refractivity contribution in [2.75, 3.05) is 13.1 Å². The molecule has 0 unspecified atom stereocenters. The summed E-state index contributed by atoms with van der Waals surface area (Å²) in [5, 5.41) is 6.98. The van der Waals surface area contributed by atoms with Gasteiger partial charge in [0.15, 0.2) is 0 Å². The molecule has 0 aromatic heterocycles. The van der Waals surface area contributed by atoms with Gasteiger partial charge in [0.2, 0.25) is 0 Å². The van der Waals surface area contributed by atoms with Crippen LogP contribution in [-0.4, -0.2) is 19.1 Å². The lowest BCUT2D eigenvalue weighted by molar-refractivity contribution is 0.386. The first-order chi connectivity index (χ1) is 7.34. The third-order valence-corrected chi connectivity index (χ3v) is 3.32. The van der Waals surface area contributed by atoms with Gasteiger partial charge in [-0.05, 0) is 43.6 Å². The van der Waals surface area contributed by atoms with Crippen LogP contribution < -0.4 is 10.6 Å². The van der Waals surface area contributed by atoms with Gasteiger partial charge in [-0.1, -0.05) is 28.1 Å². The molecule has 1 aromatic rings. The summed E-state index contributed by atoms with van der Waals surface area (Å²) in [4.78, 5) is 0. The minimum Gasteiger partial charge on any atom is -0.317 e. The lowest BCUT2D eigenvalue weighted by Crippen LogP contribution is -2.39. The molecular weight excluding hydrogens is 323 g/mol. The number of nitrogens with one attached hydrogen (secondary N) is 2. The highest BCUT2D eigenvalue weighted by molar-refractivity contribution is 9.10. The molecule has 0 saturated carbocycles. The first kappa shape index (κ1) is 17.2. The van der Waals surface area contributed by atoms with Crippen LogP contribution in [0.4, 0.5) is 0 Å². The van der Waals surface area contributed by atoms with Crippen LogP contribution in [0.1, 0.15) is 18.4 Å². The molecule has 0 aliphatic carbocycles. The van der Waals surface area contributed by atoms with E-state index >= 15 is 0 Å². The molecule has 5 heteroatoms. The Kier molecular flexibility index (Phi) is 9.28. The van der Waals surface area contributed by atoms with Crippen molar-refractivity contribution in [3.05, 3.63) is 34.3 Å². The summed E-state index contributed by atoms with van der Waals surface area (Å²) < 4.78 is 1.16. The first-order valence-corrected chi connectivity index (χ1v) is 6.32. The number of halogens is 3. The molecule has 2 nitrogen and oxygen atoms in total. The predicted octanol–water partition coefficient (Wildman–Crippen LogP) is 3.13. The van der Waals surface area contributed by atoms with Crippen molar-refractivity contribution in [1.82, 2.24) is 10.6 Å². The summed E-state index contributed by atoms with van der Waals surface area (Å²) in [6, 6.07) is 9.18. The van der Waals surface area contributed by atoms with E-state index in [1.165, 1.54) is 18.4 Å². The highest BCUT2D eigenvalue weighted by atomic mass is 79.9. The average molecular weight is 342 g/mol. The summed E-state index contributed by atoms with van der Waals surface area (Å²) >= 11 is 3.49. The Morgan fingerprint density at radius 1 is 1.24 bits per heavy atom. The van der Waals surface area contributed by atoms with Gasteiger partial charge in [0, 0.05) is 17.1 Å². The van der Waals surface area contributed by atoms with E-state index in [-0.39, 0.29) is 24.8 Å². The fourth-order valence-electron chi connectivity index (χ4n) is 1.94. The summed E-state index contributed by atoms with van der Waals surface area (Å²) in [6.45, 7) is 3.27. The van der Waals surface area contributed by atoms with Gasteiger partial charge in [0.25, 0.3) is 0 Å². The predicted molar refractivity (Wildman–Crippen MR) is 81.4 cm³/mol. The number of hydrogen-bond donors (Lipinski definition) is 2. The summed E-state index contributed by atoms with van der Waals surface area (Å²) in [6.07, 6.45) is 2.49. The number of rotatable bonds is 3. The van der Waals surface area contributed by atoms with Gasteiger partial charge in [-0.15, -0.1) is 24.8 Å². The molecule has 0 bridgehead atoms. The molecule has 1 saturated heterocycles. The van der Waals surface area contributed by atoms with Gasteiger partial charge in [0.1, 0.15) is 0 Å². The molecule has 0 spiro atoms. The maximum absolute atomic E-state index is 3.60. The molecule has 1 fully saturated rings. The molecule has 17 heavy (non-hydrogen) atoms. The molecule has 1 heterocycles. The number of benzene rings is 1. The molecule has 1 aliphatic heterocycles. The lowest BCUT2D eigenvalue weighted by Gasteiger charge is -2.23. The zero-order chi connectivity index (χ0) is 10.5. The van der Waals surface area contributed by atoms with Crippen LogP contribution in [0.3, 0.4) is 0 Å². The average Bonchev–Trinajstić information content (AvgIpc) is 2.28. The maximum Gasteiger partial charge on any atom is 0.0208 e. The second-order valence-corrected chi connectivity index (χ2v) is 4.95. The van der Waals surface area contributed by atoms with Crippen molar-refractivity contribution in [3.63, 3.8) is 0 Å². The van der Waals surface area contributed by atoms with E-state index in [2.05, 4.69) is 50.8 Å². The van der Waals surface area contributed by atoms with E-state index in [1.807, 2.05) is 0 Å². The molecule has 1 aliphatic rings. The van der Waals surface area contributed by atoms with Crippen LogP contribution in [0.5, 0.6) is 0 Å². The monoisotopic (exact) mass is 340 g/mol. The van der Waals surface area contributed by atoms with Crippen LogP contribution in [0.15, 0.2) is 28.7 Å². The molecule has 2 rings (SSSR count). The smallest absolute Gasteiger partial charge is 0.0208 e. The van der Waals surface area contributed by atoms with Crippen molar-refractivity contribution >= 4 is 40.7 Å². The van der Waals surface area contributed by atoms with Crippen LogP contribution >= 0.6 is 40.7 Å². The molecule has 0 atom stereocenters. The van der Waals surface area contributed by atoms with Gasteiger partial charge >= 0.3 is 0 Å². The molecule has 98 valence electrons. The highest BCUT2D eigenvalue weighted by Crippen LogP contribution is 2.12. The van der Waals surface area contributed by atoms with Crippen molar-refractivity contribution in [2.24, 2.45) is 0 Å². The lowest BCUT2D eigenvalue weighted by atomic mass is 10.1. The Labute approximate surface area is 124 Å². The van der Waals surface area contributed by atoms with E-state index < -0.39 is 0 Å². The SMILES string of the molecule is Brc1cccc(CNC2CCNCC2)c1.Cl.Cl. The van der Waals surface area contributed by atoms with Crippen molar-refractivity contribution in [2.45, 2.75) is 25.4 Å². The van der Waals surface area contributed by atoms with Crippen LogP contribution in [0, 0.1) is 0 Å². The normalized spacial score (nSPS) is 15.8. The van der Waals surface area contributed by atoms with E-state index in [0.717, 1.165) is 24.1 Å². The quantitative estimate of drug-likeness (QED) is 0.882. The second-order valence-electron chi connectivity index (χ2n) is 4.04. The largest absolute Gasteiger partial charge is 0.317 e. The fourth-order valence-corrected chi connectivity index (χ4v) is 2.38. The van der Waals surface area contributed by atoms with Crippen LogP contribution in [0.2, 0.25) is 0 Å². The minimum absolute atomic E-state index is 0. The minimum atomic E-state index is 0. The van der Waals surface area contributed by atoms with Crippen LogP contribution in [0.25, 0.3) is 0 Å². The Balaban J connectivity index is 0.00000128. The molecular formula is C12H19BrCl2N2. The maximum atomic E-state index is 3.60. The van der Waals surface area contributed by atoms with Gasteiger partial charge in [-0.3, -0.25) is 0 Å². The number of hydrogen-bond acceptors (Lipinski definition) is 2. The molecule has 1 aromatic carbocycles. The fraction of sp³-hybridized carbons (Fsp3) is 0.500. The topological polar surface area (TPSA) is 24.1 Å². The number of piperidine rings is 1. The van der Waals surface area contributed by atoms with Gasteiger partial charge in [-0.2, -0.15) is 0 Å². The third-order valence-electron chi connectivity index (χ3n) is 2.82. The van der Waals surface area contributed by atoms with Crippen LogP contribution in [-0.2, 0) is 6.54 Å². The van der Waals surface area contributed by atoms with Gasteiger partial charge < -0.3 is 10.6 Å². The third kappa shape index (κ3) is 6.07. The summed E-state index contributed by atoms with van der Waals surface area (Å²) in [7, 11) is 0. The van der Waals surface area contributed by atoms with Crippen molar-refractivity contribution in [1.29, 1.82) is 0 Å². The van der Waals surface area contributed by atoms with E-state index in [9.17, 15) is 0 Å². The van der Waals surface area contributed by atoms with E-state index in [0.29, 0.717) is 6.04 Å². The second kappa shape index (κ2) is 9.17. The summed E-state index contributed by atoms with van der Waals surface area (Å²) in [5.74, 6) is 0. The zero-order valence-electron chi connectivity index (χ0n) is 9.62. The Morgan fingerprint density at radius 3 is 2.59 bits per heavy atom. The molecule has 2 N–H and O–H groups in total. The Bertz CT molecular complexity index is 317. The van der Waals surface area contributed by atoms with E-state index in [1.54, 1.807) is 0 Å². The zero-order valence-corrected chi connectivity index (χ0v) is 12.8. The first-order valence-electron chi connectivity index (χ1n) is 5.53. The molecule has 0 radical (unpaired) electrons. The highest BCUT2D eigenvalue weighted by Gasteiger charge is 2.11. The van der Waals surface area contributed by atoms with Gasteiger partial charge in [0.05, 0.1) is 0 Å². The Hall–Kier alpha value is 0.200. The molecule has 0 amide bonds. The van der Waals surface area contributed by atoms with Crippen molar-refractivity contribution < 1.29 is 0 Å².